The highest BCUT2D eigenvalue weighted by molar-refractivity contribution is 8.00. The molecule has 1 aromatic heterocycles. The van der Waals surface area contributed by atoms with Crippen LogP contribution in [-0.2, 0) is 17.7 Å². The van der Waals surface area contributed by atoms with Crippen molar-refractivity contribution >= 4 is 23.8 Å². The van der Waals surface area contributed by atoms with Gasteiger partial charge in [0.05, 0.1) is 29.7 Å². The summed E-state index contributed by atoms with van der Waals surface area (Å²) in [6.45, 7) is 3.59. The summed E-state index contributed by atoms with van der Waals surface area (Å²) in [5.74, 6) is -0.0755. The van der Waals surface area contributed by atoms with Gasteiger partial charge < -0.3 is 9.64 Å². The van der Waals surface area contributed by atoms with E-state index in [2.05, 4.69) is 12.0 Å². The number of aromatic nitrogens is 2. The van der Waals surface area contributed by atoms with Crippen LogP contribution in [0.25, 0.3) is 5.69 Å². The second-order valence-electron chi connectivity index (χ2n) is 9.89. The van der Waals surface area contributed by atoms with Crippen molar-refractivity contribution in [2.24, 2.45) is 0 Å². The molecule has 2 aliphatic rings. The molecule has 0 bridgehead atoms. The van der Waals surface area contributed by atoms with E-state index < -0.39 is 17.2 Å². The molecule has 206 valence electrons. The van der Waals surface area contributed by atoms with E-state index in [9.17, 15) is 22.8 Å². The maximum atomic E-state index is 13.5. The van der Waals surface area contributed by atoms with Crippen molar-refractivity contribution in [3.63, 3.8) is 0 Å². The van der Waals surface area contributed by atoms with Crippen LogP contribution < -0.4 is 0 Å². The van der Waals surface area contributed by atoms with Crippen molar-refractivity contribution in [3.8, 4) is 5.69 Å². The summed E-state index contributed by atoms with van der Waals surface area (Å²) in [4.78, 5) is 29.6. The van der Waals surface area contributed by atoms with Crippen molar-refractivity contribution in [2.75, 3.05) is 19.6 Å². The van der Waals surface area contributed by atoms with Gasteiger partial charge in [-0.05, 0) is 48.0 Å². The molecule has 5 rings (SSSR count). The minimum absolute atomic E-state index is 0.0755. The Kier molecular flexibility index (Phi) is 7.61. The lowest BCUT2D eigenvalue weighted by atomic mass is 9.91. The van der Waals surface area contributed by atoms with E-state index in [1.807, 2.05) is 35.0 Å². The molecule has 0 unspecified atom stereocenters. The number of carbonyl (C=O) groups excluding carboxylic acids is 2. The number of benzene rings is 2. The molecule has 2 aliphatic heterocycles. The molecule has 2 saturated heterocycles. The monoisotopic (exact) mass is 558 g/mol. The largest absolute Gasteiger partial charge is 0.446 e. The van der Waals surface area contributed by atoms with Gasteiger partial charge in [0, 0.05) is 37.4 Å². The standard InChI is InChI=1S/C28H29F3N4O3S/c1-2-6-24-23(17-32-35(24)21-7-4-3-5-8-21)25(36)33-15-13-27(14-16-33)19-34(26(37)38-27)18-20-9-11-22(12-10-20)39-28(29,30)31/h3-5,7-12,17H,2,6,13-16,18-19H2,1H3. The van der Waals surface area contributed by atoms with Crippen LogP contribution in [0, 0.1) is 0 Å². The van der Waals surface area contributed by atoms with E-state index in [1.54, 1.807) is 28.1 Å². The highest BCUT2D eigenvalue weighted by Crippen LogP contribution is 2.38. The van der Waals surface area contributed by atoms with Crippen LogP contribution in [0.4, 0.5) is 18.0 Å². The van der Waals surface area contributed by atoms with Gasteiger partial charge in [0.15, 0.2) is 0 Å². The molecule has 11 heteroatoms. The van der Waals surface area contributed by atoms with E-state index in [0.717, 1.165) is 29.8 Å². The Morgan fingerprint density at radius 2 is 1.77 bits per heavy atom. The molecule has 3 heterocycles. The number of piperidine rings is 1. The summed E-state index contributed by atoms with van der Waals surface area (Å²) in [5, 5.41) is 4.51. The topological polar surface area (TPSA) is 67.7 Å². The molecule has 0 saturated carbocycles. The second kappa shape index (κ2) is 11.0. The molecule has 1 spiro atoms. The summed E-state index contributed by atoms with van der Waals surface area (Å²) in [5.41, 5.74) is -1.92. The predicted molar refractivity (Wildman–Crippen MR) is 141 cm³/mol. The number of thioether (sulfide) groups is 1. The van der Waals surface area contributed by atoms with Crippen molar-refractivity contribution in [3.05, 3.63) is 77.6 Å². The third-order valence-electron chi connectivity index (χ3n) is 7.12. The van der Waals surface area contributed by atoms with E-state index in [-0.39, 0.29) is 29.1 Å². The molecule has 2 fully saturated rings. The summed E-state index contributed by atoms with van der Waals surface area (Å²) >= 11 is -0.168. The smallest absolute Gasteiger partial charge is 0.441 e. The first-order valence-electron chi connectivity index (χ1n) is 12.9. The lowest BCUT2D eigenvalue weighted by Gasteiger charge is -2.37. The van der Waals surface area contributed by atoms with Gasteiger partial charge in [-0.2, -0.15) is 18.3 Å². The molecule has 2 aromatic carbocycles. The van der Waals surface area contributed by atoms with Crippen molar-refractivity contribution in [1.82, 2.24) is 19.6 Å². The van der Waals surface area contributed by atoms with Crippen molar-refractivity contribution in [2.45, 2.75) is 55.2 Å². The molecule has 0 N–H and O–H groups in total. The number of amides is 2. The number of ether oxygens (including phenoxy) is 1. The summed E-state index contributed by atoms with van der Waals surface area (Å²) in [6.07, 6.45) is 3.81. The van der Waals surface area contributed by atoms with Gasteiger partial charge in [-0.25, -0.2) is 9.48 Å². The Balaban J connectivity index is 1.21. The third kappa shape index (κ3) is 6.08. The maximum Gasteiger partial charge on any atom is 0.446 e. The van der Waals surface area contributed by atoms with Crippen LogP contribution in [0.15, 0.2) is 65.7 Å². The number of alkyl halides is 3. The fourth-order valence-corrected chi connectivity index (χ4v) is 5.74. The number of halogens is 3. The number of likely N-dealkylation sites (tertiary alicyclic amines) is 1. The van der Waals surface area contributed by atoms with Gasteiger partial charge in [0.25, 0.3) is 5.91 Å². The van der Waals surface area contributed by atoms with E-state index in [1.165, 1.54) is 12.1 Å². The van der Waals surface area contributed by atoms with Crippen LogP contribution in [-0.4, -0.2) is 62.3 Å². The van der Waals surface area contributed by atoms with Crippen LogP contribution in [0.2, 0.25) is 0 Å². The Morgan fingerprint density at radius 1 is 1.08 bits per heavy atom. The fraction of sp³-hybridized carbons (Fsp3) is 0.393. The zero-order valence-corrected chi connectivity index (χ0v) is 22.3. The predicted octanol–water partition coefficient (Wildman–Crippen LogP) is 6.06. The normalized spacial score (nSPS) is 17.1. The Morgan fingerprint density at radius 3 is 2.41 bits per heavy atom. The highest BCUT2D eigenvalue weighted by Gasteiger charge is 2.47. The number of hydrogen-bond acceptors (Lipinski definition) is 5. The minimum Gasteiger partial charge on any atom is -0.441 e. The molecule has 3 aromatic rings. The van der Waals surface area contributed by atoms with Gasteiger partial charge in [-0.1, -0.05) is 43.7 Å². The molecule has 0 aliphatic carbocycles. The van der Waals surface area contributed by atoms with Crippen LogP contribution in [0.5, 0.6) is 0 Å². The zero-order valence-electron chi connectivity index (χ0n) is 21.5. The number of carbonyl (C=O) groups is 2. The molecule has 39 heavy (non-hydrogen) atoms. The van der Waals surface area contributed by atoms with Gasteiger partial charge in [-0.15, -0.1) is 0 Å². The number of hydrogen-bond donors (Lipinski definition) is 0. The maximum absolute atomic E-state index is 13.5. The third-order valence-corrected chi connectivity index (χ3v) is 7.86. The quantitative estimate of drug-likeness (QED) is 0.330. The van der Waals surface area contributed by atoms with E-state index >= 15 is 0 Å². The average Bonchev–Trinajstić information content (AvgIpc) is 3.45. The molecule has 0 atom stereocenters. The van der Waals surface area contributed by atoms with E-state index in [4.69, 9.17) is 4.74 Å². The number of para-hydroxylation sites is 1. The van der Waals surface area contributed by atoms with Crippen LogP contribution in [0.1, 0.15) is 47.8 Å². The number of rotatable bonds is 7. The molecular weight excluding hydrogens is 529 g/mol. The molecule has 7 nitrogen and oxygen atoms in total. The van der Waals surface area contributed by atoms with Gasteiger partial charge in [-0.3, -0.25) is 9.69 Å². The first-order valence-corrected chi connectivity index (χ1v) is 13.7. The molecule has 0 radical (unpaired) electrons. The first-order chi connectivity index (χ1) is 18.7. The minimum atomic E-state index is -4.34. The van der Waals surface area contributed by atoms with Crippen molar-refractivity contribution < 1.29 is 27.5 Å². The fourth-order valence-electron chi connectivity index (χ4n) is 5.20. The average molecular weight is 559 g/mol. The highest BCUT2D eigenvalue weighted by atomic mass is 32.2. The van der Waals surface area contributed by atoms with Crippen LogP contribution >= 0.6 is 11.8 Å². The zero-order chi connectivity index (χ0) is 27.6. The summed E-state index contributed by atoms with van der Waals surface area (Å²) < 4.78 is 45.4. The Hall–Kier alpha value is -3.47. The lowest BCUT2D eigenvalue weighted by Crippen LogP contribution is -2.48. The van der Waals surface area contributed by atoms with Crippen molar-refractivity contribution in [1.29, 1.82) is 0 Å². The summed E-state index contributed by atoms with van der Waals surface area (Å²) in [7, 11) is 0. The van der Waals surface area contributed by atoms with Gasteiger partial charge >= 0.3 is 11.6 Å². The molecular formula is C28H29F3N4O3S. The SMILES string of the molecule is CCCc1c(C(=O)N2CCC3(CC2)CN(Cc2ccc(SC(F)(F)F)cc2)C(=O)O3)cnn1-c1ccccc1. The second-order valence-corrected chi connectivity index (χ2v) is 11.0. The van der Waals surface area contributed by atoms with Gasteiger partial charge in [0.1, 0.15) is 5.60 Å². The molecule has 2 amide bonds. The van der Waals surface area contributed by atoms with E-state index in [0.29, 0.717) is 38.0 Å². The lowest BCUT2D eigenvalue weighted by molar-refractivity contribution is -0.0328. The first kappa shape index (κ1) is 27.1. The Labute approximate surface area is 228 Å². The number of nitrogens with zero attached hydrogens (tertiary/aromatic N) is 4. The Bertz CT molecular complexity index is 1320. The summed E-state index contributed by atoms with van der Waals surface area (Å²) in [6, 6.07) is 15.7. The van der Waals surface area contributed by atoms with Gasteiger partial charge in [0.2, 0.25) is 0 Å². The van der Waals surface area contributed by atoms with Crippen LogP contribution in [0.3, 0.4) is 0 Å².